The van der Waals surface area contributed by atoms with E-state index in [1.165, 1.54) is 4.57 Å². The molecule has 2 aromatic rings. The second kappa shape index (κ2) is 7.40. The zero-order valence-electron chi connectivity index (χ0n) is 17.6. The van der Waals surface area contributed by atoms with E-state index in [1.54, 1.807) is 30.9 Å². The molecule has 0 saturated carbocycles. The van der Waals surface area contributed by atoms with Crippen molar-refractivity contribution in [1.29, 1.82) is 0 Å². The second-order valence-electron chi connectivity index (χ2n) is 8.46. The second-order valence-corrected chi connectivity index (χ2v) is 8.84. The number of aryl methyl sites for hydroxylation is 2. The summed E-state index contributed by atoms with van der Waals surface area (Å²) in [7, 11) is 0. The standard InChI is InChI=1S/C21H26FN3O3S/c1-11-9-14(10-12(2)16(11)22)25-18(26)15-7-8-24(20(27)28-21(4,5)6)13(3)17(15)23-19(25)29/h9-10,13H,7-8H2,1-6H3,(H,23,29)/t13-/m0/s1. The van der Waals surface area contributed by atoms with E-state index in [-0.39, 0.29) is 22.2 Å². The lowest BCUT2D eigenvalue weighted by atomic mass is 10.00. The van der Waals surface area contributed by atoms with Gasteiger partial charge in [0.2, 0.25) is 0 Å². The molecule has 0 fully saturated rings. The summed E-state index contributed by atoms with van der Waals surface area (Å²) < 4.78 is 21.1. The van der Waals surface area contributed by atoms with Gasteiger partial charge in [0.25, 0.3) is 5.56 Å². The van der Waals surface area contributed by atoms with Crippen molar-refractivity contribution in [1.82, 2.24) is 14.5 Å². The van der Waals surface area contributed by atoms with Gasteiger partial charge < -0.3 is 9.72 Å². The monoisotopic (exact) mass is 419 g/mol. The van der Waals surface area contributed by atoms with Gasteiger partial charge in [-0.3, -0.25) is 14.3 Å². The molecule has 2 heterocycles. The minimum Gasteiger partial charge on any atom is -0.444 e. The predicted octanol–water partition coefficient (Wildman–Crippen LogP) is 4.51. The summed E-state index contributed by atoms with van der Waals surface area (Å²) in [5, 5.41) is 0. The Kier molecular flexibility index (Phi) is 5.42. The van der Waals surface area contributed by atoms with Crippen molar-refractivity contribution in [2.24, 2.45) is 0 Å². The van der Waals surface area contributed by atoms with Crippen LogP contribution >= 0.6 is 12.2 Å². The molecule has 1 aliphatic rings. The zero-order chi connectivity index (χ0) is 21.7. The molecule has 156 valence electrons. The summed E-state index contributed by atoms with van der Waals surface area (Å²) in [4.78, 5) is 30.5. The summed E-state index contributed by atoms with van der Waals surface area (Å²) >= 11 is 5.45. The Labute approximate surface area is 174 Å². The van der Waals surface area contributed by atoms with E-state index in [1.807, 2.05) is 27.7 Å². The Morgan fingerprint density at radius 3 is 2.41 bits per heavy atom. The number of nitrogens with zero attached hydrogens (tertiary/aromatic N) is 2. The Morgan fingerprint density at radius 1 is 1.28 bits per heavy atom. The number of hydrogen-bond acceptors (Lipinski definition) is 4. The van der Waals surface area contributed by atoms with Crippen LogP contribution in [0.15, 0.2) is 16.9 Å². The highest BCUT2D eigenvalue weighted by atomic mass is 32.1. The number of fused-ring (bicyclic) bond motifs is 1. The van der Waals surface area contributed by atoms with Crippen molar-refractivity contribution in [3.8, 4) is 5.69 Å². The van der Waals surface area contributed by atoms with Crippen LogP contribution in [-0.2, 0) is 11.2 Å². The molecule has 8 heteroatoms. The van der Waals surface area contributed by atoms with Gasteiger partial charge in [0.15, 0.2) is 4.77 Å². The SMILES string of the molecule is Cc1cc(-n2c(=S)[nH]c3c(c2=O)CCN(C(=O)OC(C)(C)C)[C@H]3C)cc(C)c1F. The summed E-state index contributed by atoms with van der Waals surface area (Å²) in [5.41, 5.74) is 1.76. The number of aromatic nitrogens is 2. The number of halogens is 1. The molecular weight excluding hydrogens is 393 g/mol. The number of aromatic amines is 1. The normalized spacial score (nSPS) is 16.5. The van der Waals surface area contributed by atoms with Crippen LogP contribution in [-0.4, -0.2) is 32.7 Å². The maximum atomic E-state index is 14.0. The number of ether oxygens (including phenoxy) is 1. The van der Waals surface area contributed by atoms with Gasteiger partial charge in [0, 0.05) is 17.8 Å². The van der Waals surface area contributed by atoms with Crippen LogP contribution in [0, 0.1) is 24.4 Å². The molecule has 0 saturated heterocycles. The minimum absolute atomic E-state index is 0.206. The smallest absolute Gasteiger partial charge is 0.410 e. The number of carbonyl (C=O) groups excluding carboxylic acids is 1. The van der Waals surface area contributed by atoms with Crippen molar-refractivity contribution in [3.63, 3.8) is 0 Å². The summed E-state index contributed by atoms with van der Waals surface area (Å²) in [6.45, 7) is 10.9. The molecule has 1 atom stereocenters. The number of nitrogens with one attached hydrogen (secondary N) is 1. The molecule has 3 rings (SSSR count). The fourth-order valence-corrected chi connectivity index (χ4v) is 3.92. The molecular formula is C21H26FN3O3S. The molecule has 0 radical (unpaired) electrons. The Hall–Kier alpha value is -2.48. The highest BCUT2D eigenvalue weighted by molar-refractivity contribution is 7.71. The third-order valence-electron chi connectivity index (χ3n) is 5.03. The first kappa shape index (κ1) is 21.2. The molecule has 1 amide bonds. The molecule has 1 aliphatic heterocycles. The molecule has 29 heavy (non-hydrogen) atoms. The lowest BCUT2D eigenvalue weighted by Crippen LogP contribution is -2.44. The van der Waals surface area contributed by atoms with Gasteiger partial charge in [-0.1, -0.05) is 0 Å². The lowest BCUT2D eigenvalue weighted by Gasteiger charge is -2.35. The average molecular weight is 420 g/mol. The van der Waals surface area contributed by atoms with Crippen molar-refractivity contribution < 1.29 is 13.9 Å². The summed E-state index contributed by atoms with van der Waals surface area (Å²) in [5.74, 6) is -0.295. The van der Waals surface area contributed by atoms with Gasteiger partial charge in [-0.05, 0) is 83.4 Å². The van der Waals surface area contributed by atoms with E-state index in [4.69, 9.17) is 17.0 Å². The van der Waals surface area contributed by atoms with Gasteiger partial charge in [-0.15, -0.1) is 0 Å². The molecule has 0 aliphatic carbocycles. The largest absolute Gasteiger partial charge is 0.444 e. The van der Waals surface area contributed by atoms with Crippen LogP contribution in [0.4, 0.5) is 9.18 Å². The first-order chi connectivity index (χ1) is 13.4. The highest BCUT2D eigenvalue weighted by Crippen LogP contribution is 2.28. The van der Waals surface area contributed by atoms with Gasteiger partial charge >= 0.3 is 6.09 Å². The quantitative estimate of drug-likeness (QED) is 0.691. The lowest BCUT2D eigenvalue weighted by molar-refractivity contribution is 0.0154. The van der Waals surface area contributed by atoms with Gasteiger partial charge in [0.1, 0.15) is 11.4 Å². The van der Waals surface area contributed by atoms with Gasteiger partial charge in [-0.25, -0.2) is 9.18 Å². The Balaban J connectivity index is 2.07. The van der Waals surface area contributed by atoms with Gasteiger partial charge in [-0.2, -0.15) is 0 Å². The van der Waals surface area contributed by atoms with E-state index in [0.717, 1.165) is 0 Å². The highest BCUT2D eigenvalue weighted by Gasteiger charge is 2.33. The van der Waals surface area contributed by atoms with E-state index in [0.29, 0.717) is 41.0 Å². The van der Waals surface area contributed by atoms with E-state index in [2.05, 4.69) is 4.98 Å². The maximum absolute atomic E-state index is 14.0. The topological polar surface area (TPSA) is 67.3 Å². The number of benzene rings is 1. The number of hydrogen-bond donors (Lipinski definition) is 1. The summed E-state index contributed by atoms with van der Waals surface area (Å²) in [6.07, 6.45) is -0.0489. The first-order valence-corrected chi connectivity index (χ1v) is 9.96. The molecule has 0 bridgehead atoms. The number of amides is 1. The van der Waals surface area contributed by atoms with E-state index in [9.17, 15) is 14.0 Å². The Bertz CT molecular complexity index is 1070. The zero-order valence-corrected chi connectivity index (χ0v) is 18.4. The fourth-order valence-electron chi connectivity index (χ4n) is 3.63. The van der Waals surface area contributed by atoms with Crippen molar-refractivity contribution >= 4 is 18.3 Å². The fraction of sp³-hybridized carbons (Fsp3) is 0.476. The first-order valence-electron chi connectivity index (χ1n) is 9.55. The van der Waals surface area contributed by atoms with E-state index >= 15 is 0 Å². The minimum atomic E-state index is -0.605. The average Bonchev–Trinajstić information content (AvgIpc) is 2.59. The van der Waals surface area contributed by atoms with Crippen LogP contribution in [0.1, 0.15) is 56.1 Å². The molecule has 6 nitrogen and oxygen atoms in total. The molecule has 1 N–H and O–H groups in total. The number of rotatable bonds is 1. The van der Waals surface area contributed by atoms with Crippen molar-refractivity contribution in [3.05, 3.63) is 55.5 Å². The van der Waals surface area contributed by atoms with Crippen LogP contribution in [0.2, 0.25) is 0 Å². The van der Waals surface area contributed by atoms with Crippen LogP contribution in [0.25, 0.3) is 5.69 Å². The predicted molar refractivity (Wildman–Crippen MR) is 112 cm³/mol. The molecule has 0 spiro atoms. The number of carbonyl (C=O) groups is 1. The molecule has 1 aromatic carbocycles. The third kappa shape index (κ3) is 3.99. The van der Waals surface area contributed by atoms with Crippen LogP contribution in [0.3, 0.4) is 0 Å². The molecule has 0 unspecified atom stereocenters. The maximum Gasteiger partial charge on any atom is 0.410 e. The van der Waals surface area contributed by atoms with Gasteiger partial charge in [0.05, 0.1) is 11.7 Å². The van der Waals surface area contributed by atoms with Crippen molar-refractivity contribution in [2.75, 3.05) is 6.54 Å². The number of H-pyrrole nitrogens is 1. The molecule has 1 aromatic heterocycles. The van der Waals surface area contributed by atoms with Crippen LogP contribution in [0.5, 0.6) is 0 Å². The summed E-state index contributed by atoms with van der Waals surface area (Å²) in [6, 6.07) is 2.84. The third-order valence-corrected chi connectivity index (χ3v) is 5.31. The van der Waals surface area contributed by atoms with E-state index < -0.39 is 11.7 Å². The Morgan fingerprint density at radius 2 is 1.86 bits per heavy atom. The van der Waals surface area contributed by atoms with Crippen molar-refractivity contribution in [2.45, 2.75) is 59.6 Å². The van der Waals surface area contributed by atoms with Crippen LogP contribution < -0.4 is 5.56 Å².